The van der Waals surface area contributed by atoms with Crippen LogP contribution < -0.4 is 17.2 Å². The van der Waals surface area contributed by atoms with E-state index in [1.54, 1.807) is 0 Å². The molecule has 6 heteroatoms. The third-order valence-electron chi connectivity index (χ3n) is 6.94. The second kappa shape index (κ2) is 14.9. The SMILES string of the molecule is CC(CCC(C)C(=O)[C@@H](N)[C@@H](C)CCCC(C)C(=O)[C@@H](N)C(C)C)C[C@H](N)C(=O)C(C)C. The van der Waals surface area contributed by atoms with E-state index in [0.29, 0.717) is 6.42 Å². The molecule has 0 bridgehead atoms. The van der Waals surface area contributed by atoms with Crippen LogP contribution in [0.5, 0.6) is 0 Å². The van der Waals surface area contributed by atoms with Gasteiger partial charge in [0.25, 0.3) is 0 Å². The molecule has 3 unspecified atom stereocenters. The van der Waals surface area contributed by atoms with Gasteiger partial charge in [-0.3, -0.25) is 14.4 Å². The van der Waals surface area contributed by atoms with Crippen molar-refractivity contribution in [1.82, 2.24) is 0 Å². The van der Waals surface area contributed by atoms with Crippen molar-refractivity contribution in [3.63, 3.8) is 0 Å². The number of rotatable bonds is 17. The summed E-state index contributed by atoms with van der Waals surface area (Å²) in [7, 11) is 0. The van der Waals surface area contributed by atoms with Crippen molar-refractivity contribution in [2.45, 2.75) is 112 Å². The zero-order valence-corrected chi connectivity index (χ0v) is 21.9. The Morgan fingerprint density at radius 1 is 0.625 bits per heavy atom. The lowest BCUT2D eigenvalue weighted by atomic mass is 9.83. The molecule has 188 valence electrons. The van der Waals surface area contributed by atoms with Gasteiger partial charge in [-0.25, -0.2) is 0 Å². The maximum Gasteiger partial charge on any atom is 0.152 e. The van der Waals surface area contributed by atoms with Gasteiger partial charge in [0, 0.05) is 17.8 Å². The summed E-state index contributed by atoms with van der Waals surface area (Å²) in [4.78, 5) is 37.1. The molecule has 0 aliphatic heterocycles. The second-order valence-corrected chi connectivity index (χ2v) is 10.9. The molecule has 0 fully saturated rings. The highest BCUT2D eigenvalue weighted by Crippen LogP contribution is 2.22. The first kappa shape index (κ1) is 30.9. The number of hydrogen-bond acceptors (Lipinski definition) is 6. The van der Waals surface area contributed by atoms with Crippen LogP contribution in [0.15, 0.2) is 0 Å². The Morgan fingerprint density at radius 3 is 1.62 bits per heavy atom. The largest absolute Gasteiger partial charge is 0.321 e. The maximum atomic E-state index is 12.8. The molecule has 0 amide bonds. The predicted molar refractivity (Wildman–Crippen MR) is 133 cm³/mol. The summed E-state index contributed by atoms with van der Waals surface area (Å²) in [5.74, 6) is 0.573. The highest BCUT2D eigenvalue weighted by atomic mass is 16.1. The van der Waals surface area contributed by atoms with E-state index in [2.05, 4.69) is 6.92 Å². The normalized spacial score (nSPS) is 18.7. The second-order valence-electron chi connectivity index (χ2n) is 10.9. The molecule has 0 saturated carbocycles. The Bertz CT molecular complexity index is 591. The van der Waals surface area contributed by atoms with Gasteiger partial charge in [-0.1, -0.05) is 61.8 Å². The minimum Gasteiger partial charge on any atom is -0.321 e. The number of carbonyl (C=O) groups excluding carboxylic acids is 3. The summed E-state index contributed by atoms with van der Waals surface area (Å²) >= 11 is 0. The van der Waals surface area contributed by atoms with Crippen molar-refractivity contribution < 1.29 is 14.4 Å². The van der Waals surface area contributed by atoms with Gasteiger partial charge in [-0.2, -0.15) is 0 Å². The van der Waals surface area contributed by atoms with Crippen LogP contribution in [0, 0.1) is 35.5 Å². The van der Waals surface area contributed by atoms with Crippen molar-refractivity contribution in [2.75, 3.05) is 0 Å². The van der Waals surface area contributed by atoms with Crippen LogP contribution >= 0.6 is 0 Å². The summed E-state index contributed by atoms with van der Waals surface area (Å²) in [6, 6.07) is -1.33. The Balaban J connectivity index is 4.43. The van der Waals surface area contributed by atoms with Crippen LogP contribution in [0.3, 0.4) is 0 Å². The molecule has 6 N–H and O–H groups in total. The Morgan fingerprint density at radius 2 is 1.12 bits per heavy atom. The fourth-order valence-electron chi connectivity index (χ4n) is 4.11. The van der Waals surface area contributed by atoms with Crippen LogP contribution in [0.1, 0.15) is 93.9 Å². The average molecular weight is 454 g/mol. The molecule has 0 aromatic rings. The van der Waals surface area contributed by atoms with Crippen LogP contribution in [-0.4, -0.2) is 35.5 Å². The average Bonchev–Trinajstić information content (AvgIpc) is 2.73. The van der Waals surface area contributed by atoms with Crippen molar-refractivity contribution in [3.8, 4) is 0 Å². The van der Waals surface area contributed by atoms with Gasteiger partial charge in [0.1, 0.15) is 0 Å². The van der Waals surface area contributed by atoms with E-state index in [4.69, 9.17) is 17.2 Å². The van der Waals surface area contributed by atoms with Crippen LogP contribution in [0.2, 0.25) is 0 Å². The van der Waals surface area contributed by atoms with Gasteiger partial charge < -0.3 is 17.2 Å². The lowest BCUT2D eigenvalue weighted by Gasteiger charge is -2.24. The number of Topliss-reactive ketones (excluding diaryl/α,β-unsaturated/α-hetero) is 3. The van der Waals surface area contributed by atoms with Crippen molar-refractivity contribution in [1.29, 1.82) is 0 Å². The molecule has 0 heterocycles. The molecule has 32 heavy (non-hydrogen) atoms. The molecule has 6 nitrogen and oxygen atoms in total. The zero-order valence-electron chi connectivity index (χ0n) is 21.9. The van der Waals surface area contributed by atoms with E-state index in [0.717, 1.165) is 32.1 Å². The number of nitrogens with two attached hydrogens (primary N) is 3. The third kappa shape index (κ3) is 10.7. The van der Waals surface area contributed by atoms with E-state index < -0.39 is 18.1 Å². The highest BCUT2D eigenvalue weighted by molar-refractivity contribution is 5.86. The van der Waals surface area contributed by atoms with E-state index in [1.165, 1.54) is 0 Å². The van der Waals surface area contributed by atoms with Gasteiger partial charge in [0.2, 0.25) is 0 Å². The van der Waals surface area contributed by atoms with Crippen LogP contribution in [0.25, 0.3) is 0 Å². The van der Waals surface area contributed by atoms with Gasteiger partial charge in [-0.05, 0) is 49.9 Å². The molecule has 7 atom stereocenters. The Labute approximate surface area is 196 Å². The van der Waals surface area contributed by atoms with Gasteiger partial charge in [0.05, 0.1) is 18.1 Å². The molecule has 0 aromatic carbocycles. The van der Waals surface area contributed by atoms with Gasteiger partial charge in [0.15, 0.2) is 17.3 Å². The summed E-state index contributed by atoms with van der Waals surface area (Å²) in [5, 5.41) is 0. The van der Waals surface area contributed by atoms with Crippen molar-refractivity contribution >= 4 is 17.3 Å². The Kier molecular flexibility index (Phi) is 14.4. The molecule has 0 saturated heterocycles. The molecular formula is C26H51N3O3. The number of ketones is 3. The quantitative estimate of drug-likeness (QED) is 0.306. The molecular weight excluding hydrogens is 402 g/mol. The third-order valence-corrected chi connectivity index (χ3v) is 6.94. The molecule has 0 radical (unpaired) electrons. The summed E-state index contributed by atoms with van der Waals surface area (Å²) < 4.78 is 0. The Hall–Kier alpha value is -1.11. The lowest BCUT2D eigenvalue weighted by molar-refractivity contribution is -0.126. The summed E-state index contributed by atoms with van der Waals surface area (Å²) in [5.41, 5.74) is 18.3. The fraction of sp³-hybridized carbons (Fsp3) is 0.885. The van der Waals surface area contributed by atoms with E-state index in [1.807, 2.05) is 48.5 Å². The number of hydrogen-bond donors (Lipinski definition) is 3. The molecule has 0 aliphatic rings. The first-order chi connectivity index (χ1) is 14.7. The minimum atomic E-state index is -0.492. The molecule has 0 rings (SSSR count). The van der Waals surface area contributed by atoms with Gasteiger partial charge in [-0.15, -0.1) is 0 Å². The highest BCUT2D eigenvalue weighted by Gasteiger charge is 2.27. The van der Waals surface area contributed by atoms with Gasteiger partial charge >= 0.3 is 0 Å². The standard InChI is InChI=1S/C26H51N3O3/c1-15(2)22(28)25(31)19(7)11-9-10-18(6)23(29)26(32)20(8)13-12-17(5)14-21(27)24(30)16(3)4/h15-23H,9-14,27-29H2,1-8H3/t17?,18-,19?,20?,21-,22-,23-/m0/s1. The van der Waals surface area contributed by atoms with E-state index in [-0.39, 0.29) is 52.9 Å². The number of carbonyl (C=O) groups is 3. The monoisotopic (exact) mass is 453 g/mol. The molecule has 0 aromatic heterocycles. The lowest BCUT2D eigenvalue weighted by Crippen LogP contribution is -2.40. The maximum absolute atomic E-state index is 12.8. The van der Waals surface area contributed by atoms with Crippen molar-refractivity contribution in [3.05, 3.63) is 0 Å². The zero-order chi connectivity index (χ0) is 25.2. The topological polar surface area (TPSA) is 129 Å². The summed E-state index contributed by atoms with van der Waals surface area (Å²) in [6.45, 7) is 15.6. The van der Waals surface area contributed by atoms with E-state index in [9.17, 15) is 14.4 Å². The fourth-order valence-corrected chi connectivity index (χ4v) is 4.11. The first-order valence-corrected chi connectivity index (χ1v) is 12.6. The predicted octanol–water partition coefficient (Wildman–Crippen LogP) is 3.87. The van der Waals surface area contributed by atoms with Crippen LogP contribution in [0.4, 0.5) is 0 Å². The smallest absolute Gasteiger partial charge is 0.152 e. The molecule has 0 aliphatic carbocycles. The van der Waals surface area contributed by atoms with Crippen LogP contribution in [-0.2, 0) is 14.4 Å². The summed E-state index contributed by atoms with van der Waals surface area (Å²) in [6.07, 6.45) is 4.69. The van der Waals surface area contributed by atoms with Crippen molar-refractivity contribution in [2.24, 2.45) is 52.7 Å². The molecule has 0 spiro atoms. The minimum absolute atomic E-state index is 0.0507. The first-order valence-electron chi connectivity index (χ1n) is 12.6. The van der Waals surface area contributed by atoms with E-state index >= 15 is 0 Å².